The predicted molar refractivity (Wildman–Crippen MR) is 83.8 cm³/mol. The number of halogens is 1. The van der Waals surface area contributed by atoms with E-state index in [9.17, 15) is 8.42 Å². The summed E-state index contributed by atoms with van der Waals surface area (Å²) in [4.78, 5) is 0. The van der Waals surface area contributed by atoms with Gasteiger partial charge in [-0.3, -0.25) is 0 Å². The van der Waals surface area contributed by atoms with Crippen molar-refractivity contribution in [3.05, 3.63) is 28.8 Å². The fourth-order valence-corrected chi connectivity index (χ4v) is 3.72. The Bertz CT molecular complexity index is 647. The number of nitrogens with zero attached hydrogens (tertiary/aromatic N) is 2. The molecule has 2 rings (SSSR count). The standard InChI is InChI=1S/C14H18ClN3O2S/c1-2-21(19,20)18-7-5-13(6-8-18)17-14-4-3-12(15)9-11(14)10-16/h3-4,9,13,17H,2,5-8H2,1H3. The van der Waals surface area contributed by atoms with Gasteiger partial charge in [0.05, 0.1) is 17.0 Å². The van der Waals surface area contributed by atoms with Crippen molar-refractivity contribution >= 4 is 27.3 Å². The van der Waals surface area contributed by atoms with Crippen LogP contribution in [0.2, 0.25) is 5.02 Å². The van der Waals surface area contributed by atoms with Crippen molar-refractivity contribution in [3.8, 4) is 6.07 Å². The fourth-order valence-electron chi connectivity index (χ4n) is 2.42. The molecule has 1 fully saturated rings. The molecule has 0 spiro atoms. The van der Waals surface area contributed by atoms with Gasteiger partial charge in [0.15, 0.2) is 0 Å². The molecule has 1 heterocycles. The van der Waals surface area contributed by atoms with Crippen LogP contribution in [0.15, 0.2) is 18.2 Å². The average molecular weight is 328 g/mol. The number of piperidine rings is 1. The number of hydrogen-bond acceptors (Lipinski definition) is 4. The zero-order valence-corrected chi connectivity index (χ0v) is 13.4. The Kier molecular flexibility index (Phi) is 5.09. The molecule has 114 valence electrons. The summed E-state index contributed by atoms with van der Waals surface area (Å²) in [7, 11) is -3.10. The summed E-state index contributed by atoms with van der Waals surface area (Å²) in [5.41, 5.74) is 1.25. The third-order valence-corrected chi connectivity index (χ3v) is 5.79. The van der Waals surface area contributed by atoms with Gasteiger partial charge in [0.2, 0.25) is 10.0 Å². The lowest BCUT2D eigenvalue weighted by Gasteiger charge is -2.32. The van der Waals surface area contributed by atoms with Crippen LogP contribution in [0, 0.1) is 11.3 Å². The lowest BCUT2D eigenvalue weighted by atomic mass is 10.1. The minimum Gasteiger partial charge on any atom is -0.381 e. The molecule has 21 heavy (non-hydrogen) atoms. The van der Waals surface area contributed by atoms with E-state index in [-0.39, 0.29) is 11.8 Å². The van der Waals surface area contributed by atoms with E-state index in [0.29, 0.717) is 23.7 Å². The highest BCUT2D eigenvalue weighted by Crippen LogP contribution is 2.23. The largest absolute Gasteiger partial charge is 0.381 e. The van der Waals surface area contributed by atoms with Crippen molar-refractivity contribution in [2.45, 2.75) is 25.8 Å². The summed E-state index contributed by atoms with van der Waals surface area (Å²) in [5, 5.41) is 13.0. The number of rotatable bonds is 4. The molecule has 1 N–H and O–H groups in total. The van der Waals surface area contributed by atoms with Gasteiger partial charge in [-0.2, -0.15) is 5.26 Å². The number of sulfonamides is 1. The van der Waals surface area contributed by atoms with Gasteiger partial charge >= 0.3 is 0 Å². The van der Waals surface area contributed by atoms with Crippen LogP contribution < -0.4 is 5.32 Å². The van der Waals surface area contributed by atoms with Crippen LogP contribution >= 0.6 is 11.6 Å². The van der Waals surface area contributed by atoms with Crippen LogP contribution in [0.25, 0.3) is 0 Å². The molecule has 0 aromatic heterocycles. The van der Waals surface area contributed by atoms with Crippen LogP contribution in [0.4, 0.5) is 5.69 Å². The van der Waals surface area contributed by atoms with Crippen molar-refractivity contribution < 1.29 is 8.42 Å². The Labute approximate surface area is 130 Å². The zero-order valence-electron chi connectivity index (χ0n) is 11.8. The quantitative estimate of drug-likeness (QED) is 0.921. The molecule has 1 aliphatic heterocycles. The third-order valence-electron chi connectivity index (χ3n) is 3.67. The lowest BCUT2D eigenvalue weighted by Crippen LogP contribution is -2.43. The van der Waals surface area contributed by atoms with Gasteiger partial charge in [-0.1, -0.05) is 11.6 Å². The van der Waals surface area contributed by atoms with E-state index < -0.39 is 10.0 Å². The fraction of sp³-hybridized carbons (Fsp3) is 0.500. The van der Waals surface area contributed by atoms with Crippen LogP contribution in [0.5, 0.6) is 0 Å². The minimum atomic E-state index is -3.10. The molecule has 0 unspecified atom stereocenters. The molecule has 0 aliphatic carbocycles. The highest BCUT2D eigenvalue weighted by Gasteiger charge is 2.26. The number of benzene rings is 1. The Morgan fingerprint density at radius 1 is 1.43 bits per heavy atom. The van der Waals surface area contributed by atoms with Crippen LogP contribution in [-0.2, 0) is 10.0 Å². The maximum absolute atomic E-state index is 11.8. The molecule has 0 amide bonds. The molecular formula is C14H18ClN3O2S. The second kappa shape index (κ2) is 6.65. The summed E-state index contributed by atoms with van der Waals surface area (Å²) in [6.07, 6.45) is 1.46. The summed E-state index contributed by atoms with van der Waals surface area (Å²) in [6.45, 7) is 2.69. The van der Waals surface area contributed by atoms with Gasteiger partial charge in [-0.05, 0) is 38.0 Å². The molecule has 0 bridgehead atoms. The van der Waals surface area contributed by atoms with E-state index in [1.807, 2.05) is 0 Å². The first-order valence-corrected chi connectivity index (χ1v) is 8.89. The molecule has 1 aromatic carbocycles. The van der Waals surface area contributed by atoms with Gasteiger partial charge in [0.25, 0.3) is 0 Å². The smallest absolute Gasteiger partial charge is 0.213 e. The van der Waals surface area contributed by atoms with Gasteiger partial charge in [0.1, 0.15) is 6.07 Å². The summed E-state index contributed by atoms with van der Waals surface area (Å²) < 4.78 is 25.2. The molecular weight excluding hydrogens is 310 g/mol. The highest BCUT2D eigenvalue weighted by molar-refractivity contribution is 7.89. The number of nitriles is 1. The van der Waals surface area contributed by atoms with Crippen molar-refractivity contribution in [1.29, 1.82) is 5.26 Å². The molecule has 1 aliphatic rings. The zero-order chi connectivity index (χ0) is 15.5. The van der Waals surface area contributed by atoms with Crippen molar-refractivity contribution in [3.63, 3.8) is 0 Å². The topological polar surface area (TPSA) is 73.2 Å². The Balaban J connectivity index is 2.00. The SMILES string of the molecule is CCS(=O)(=O)N1CCC(Nc2ccc(Cl)cc2C#N)CC1. The molecule has 5 nitrogen and oxygen atoms in total. The van der Waals surface area contributed by atoms with E-state index in [1.165, 1.54) is 4.31 Å². The average Bonchev–Trinajstić information content (AvgIpc) is 2.49. The first-order chi connectivity index (χ1) is 9.96. The van der Waals surface area contributed by atoms with Gasteiger partial charge in [0, 0.05) is 24.2 Å². The normalized spacial score (nSPS) is 17.4. The van der Waals surface area contributed by atoms with E-state index in [2.05, 4.69) is 11.4 Å². The van der Waals surface area contributed by atoms with Crippen molar-refractivity contribution in [1.82, 2.24) is 4.31 Å². The number of hydrogen-bond donors (Lipinski definition) is 1. The molecule has 7 heteroatoms. The van der Waals surface area contributed by atoms with E-state index >= 15 is 0 Å². The number of nitrogens with one attached hydrogen (secondary N) is 1. The summed E-state index contributed by atoms with van der Waals surface area (Å²) >= 11 is 5.87. The van der Waals surface area contributed by atoms with Crippen LogP contribution in [0.1, 0.15) is 25.3 Å². The van der Waals surface area contributed by atoms with Crippen molar-refractivity contribution in [2.24, 2.45) is 0 Å². The third kappa shape index (κ3) is 3.88. The van der Waals surface area contributed by atoms with Crippen LogP contribution in [0.3, 0.4) is 0 Å². The van der Waals surface area contributed by atoms with Crippen molar-refractivity contribution in [2.75, 3.05) is 24.2 Å². The van der Waals surface area contributed by atoms with Crippen LogP contribution in [-0.4, -0.2) is 37.6 Å². The molecule has 0 saturated carbocycles. The second-order valence-corrected chi connectivity index (χ2v) is 7.71. The Morgan fingerprint density at radius 2 is 2.10 bits per heavy atom. The molecule has 1 saturated heterocycles. The molecule has 0 radical (unpaired) electrons. The Hall–Kier alpha value is -1.29. The first-order valence-electron chi connectivity index (χ1n) is 6.90. The van der Waals surface area contributed by atoms with Gasteiger partial charge in [-0.15, -0.1) is 0 Å². The molecule has 0 atom stereocenters. The summed E-state index contributed by atoms with van der Waals surface area (Å²) in [5.74, 6) is 0.140. The highest BCUT2D eigenvalue weighted by atomic mass is 35.5. The lowest BCUT2D eigenvalue weighted by molar-refractivity contribution is 0.330. The van der Waals surface area contributed by atoms with Gasteiger partial charge < -0.3 is 5.32 Å². The van der Waals surface area contributed by atoms with Gasteiger partial charge in [-0.25, -0.2) is 12.7 Å². The molecule has 1 aromatic rings. The second-order valence-electron chi connectivity index (χ2n) is 5.02. The maximum Gasteiger partial charge on any atom is 0.213 e. The Morgan fingerprint density at radius 3 is 2.67 bits per heavy atom. The summed E-state index contributed by atoms with van der Waals surface area (Å²) in [6, 6.07) is 7.43. The number of anilines is 1. The minimum absolute atomic E-state index is 0.140. The monoisotopic (exact) mass is 327 g/mol. The van der Waals surface area contributed by atoms with E-state index in [0.717, 1.165) is 18.5 Å². The van der Waals surface area contributed by atoms with E-state index in [1.54, 1.807) is 25.1 Å². The maximum atomic E-state index is 11.8. The van der Waals surface area contributed by atoms with E-state index in [4.69, 9.17) is 16.9 Å². The predicted octanol–water partition coefficient (Wildman–Crippen LogP) is 2.44. The first kappa shape index (κ1) is 16.1.